The lowest BCUT2D eigenvalue weighted by molar-refractivity contribution is 0.0973. The van der Waals surface area contributed by atoms with Gasteiger partial charge in [0.1, 0.15) is 0 Å². The molecule has 162 valence electrons. The molecule has 5 heteroatoms. The summed E-state index contributed by atoms with van der Waals surface area (Å²) in [5, 5.41) is 0.215. The molecule has 0 amide bonds. The molecule has 4 nitrogen and oxygen atoms in total. The van der Waals surface area contributed by atoms with Crippen molar-refractivity contribution in [2.75, 3.05) is 0 Å². The summed E-state index contributed by atoms with van der Waals surface area (Å²) < 4.78 is 15.7. The fourth-order valence-electron chi connectivity index (χ4n) is 4.00. The molecule has 1 unspecified atom stereocenters. The first-order valence-corrected chi connectivity index (χ1v) is 11.9. The van der Waals surface area contributed by atoms with Crippen molar-refractivity contribution in [2.24, 2.45) is 7.05 Å². The highest BCUT2D eigenvalue weighted by Crippen LogP contribution is 2.32. The van der Waals surface area contributed by atoms with Crippen molar-refractivity contribution >= 4 is 16.6 Å². The Balaban J connectivity index is 1.75. The van der Waals surface area contributed by atoms with Crippen LogP contribution >= 0.6 is 0 Å². The number of carbonyl (C=O) groups is 1. The fraction of sp³-hybridized carbons (Fsp3) is 0.185. The number of nitrogens with zero attached hydrogens (tertiary/aromatic N) is 2. The maximum absolute atomic E-state index is 13.9. The molecule has 0 radical (unpaired) electrons. The molecule has 3 aromatic carbocycles. The number of rotatable bonds is 9. The lowest BCUT2D eigenvalue weighted by Crippen LogP contribution is -2.30. The van der Waals surface area contributed by atoms with Crippen LogP contribution in [-0.4, -0.2) is 24.8 Å². The number of imidazole rings is 1. The van der Waals surface area contributed by atoms with Crippen LogP contribution in [0.2, 0.25) is 0 Å². The van der Waals surface area contributed by atoms with Crippen LogP contribution in [-0.2, 0) is 24.3 Å². The van der Waals surface area contributed by atoms with Gasteiger partial charge in [0.25, 0.3) is 0 Å². The second kappa shape index (κ2) is 10.3. The second-order valence-electron chi connectivity index (χ2n) is 7.86. The Kier molecular flexibility index (Phi) is 7.07. The van der Waals surface area contributed by atoms with Gasteiger partial charge in [-0.25, -0.2) is 4.98 Å². The Morgan fingerprint density at radius 2 is 1.50 bits per heavy atom. The highest BCUT2D eigenvalue weighted by molar-refractivity contribution is 7.85. The Labute approximate surface area is 191 Å². The van der Waals surface area contributed by atoms with Crippen molar-refractivity contribution in [3.8, 4) is 0 Å². The molecule has 0 N–H and O–H groups in total. The van der Waals surface area contributed by atoms with Crippen molar-refractivity contribution in [3.05, 3.63) is 120 Å². The largest absolute Gasteiger partial charge is 0.327 e. The van der Waals surface area contributed by atoms with Gasteiger partial charge in [-0.05, 0) is 17.5 Å². The van der Waals surface area contributed by atoms with E-state index in [1.54, 1.807) is 17.0 Å². The molecular weight excluding hydrogens is 416 g/mol. The zero-order valence-corrected chi connectivity index (χ0v) is 18.8. The smallest absolute Gasteiger partial charge is 0.199 e. The van der Waals surface area contributed by atoms with Gasteiger partial charge in [-0.3, -0.25) is 9.00 Å². The monoisotopic (exact) mass is 442 g/mol. The third-order valence-electron chi connectivity index (χ3n) is 5.69. The van der Waals surface area contributed by atoms with Gasteiger partial charge < -0.3 is 4.57 Å². The minimum atomic E-state index is -1.41. The molecule has 4 rings (SSSR count). The summed E-state index contributed by atoms with van der Waals surface area (Å²) in [5.41, 5.74) is 2.78. The van der Waals surface area contributed by atoms with Gasteiger partial charge in [0.2, 0.25) is 0 Å². The number of aryl methyl sites for hydroxylation is 1. The fourth-order valence-corrected chi connectivity index (χ4v) is 5.68. The van der Waals surface area contributed by atoms with Crippen molar-refractivity contribution < 1.29 is 9.00 Å². The summed E-state index contributed by atoms with van der Waals surface area (Å²) >= 11 is 0. The molecule has 0 aliphatic rings. The van der Waals surface area contributed by atoms with Crippen molar-refractivity contribution in [1.82, 2.24) is 9.55 Å². The molecule has 32 heavy (non-hydrogen) atoms. The number of carbonyl (C=O) groups excluding carboxylic acids is 1. The van der Waals surface area contributed by atoms with Crippen LogP contribution in [0.1, 0.15) is 33.8 Å². The predicted octanol–water partition coefficient (Wildman–Crippen LogP) is 5.20. The first-order chi connectivity index (χ1) is 15.6. The highest BCUT2D eigenvalue weighted by atomic mass is 32.2. The number of hydrogen-bond acceptors (Lipinski definition) is 3. The van der Waals surface area contributed by atoms with Crippen LogP contribution in [0, 0.1) is 0 Å². The molecule has 4 aromatic rings. The molecule has 0 saturated carbocycles. The second-order valence-corrected chi connectivity index (χ2v) is 9.42. The van der Waals surface area contributed by atoms with Crippen LogP contribution in [0.25, 0.3) is 0 Å². The third kappa shape index (κ3) is 5.11. The SMILES string of the molecule is Cn1ccnc1S(=O)[C@@H](Cc1ccccc1)[C@H](CC(=O)c1ccccc1)c1ccccc1. The molecule has 1 aromatic heterocycles. The number of aromatic nitrogens is 2. The lowest BCUT2D eigenvalue weighted by Gasteiger charge is -2.27. The zero-order chi connectivity index (χ0) is 22.3. The molecule has 0 spiro atoms. The van der Waals surface area contributed by atoms with E-state index in [1.165, 1.54) is 0 Å². The normalized spacial score (nSPS) is 13.9. The van der Waals surface area contributed by atoms with Gasteiger partial charge in [0.15, 0.2) is 10.9 Å². The van der Waals surface area contributed by atoms with E-state index < -0.39 is 10.8 Å². The average Bonchev–Trinajstić information content (AvgIpc) is 3.28. The molecule has 0 aliphatic heterocycles. The van der Waals surface area contributed by atoms with E-state index in [4.69, 9.17) is 0 Å². The molecule has 0 bridgehead atoms. The molecule has 0 saturated heterocycles. The van der Waals surface area contributed by atoms with E-state index >= 15 is 0 Å². The van der Waals surface area contributed by atoms with E-state index in [2.05, 4.69) is 4.98 Å². The topological polar surface area (TPSA) is 52.0 Å². The molecule has 0 fully saturated rings. The van der Waals surface area contributed by atoms with Crippen molar-refractivity contribution in [2.45, 2.75) is 29.2 Å². The van der Waals surface area contributed by atoms with Crippen LogP contribution in [0.5, 0.6) is 0 Å². The van der Waals surface area contributed by atoms with Crippen molar-refractivity contribution in [3.63, 3.8) is 0 Å². The number of benzene rings is 3. The van der Waals surface area contributed by atoms with Crippen LogP contribution in [0.4, 0.5) is 0 Å². The maximum Gasteiger partial charge on any atom is 0.199 e. The van der Waals surface area contributed by atoms with Crippen LogP contribution < -0.4 is 0 Å². The summed E-state index contributed by atoms with van der Waals surface area (Å²) in [6, 6.07) is 29.3. The average molecular weight is 443 g/mol. The van der Waals surface area contributed by atoms with Crippen molar-refractivity contribution in [1.29, 1.82) is 0 Å². The van der Waals surface area contributed by atoms with Crippen LogP contribution in [0.15, 0.2) is 109 Å². The number of Topliss-reactive ketones (excluding diaryl/α,β-unsaturated/α-hetero) is 1. The molecule has 3 atom stereocenters. The summed E-state index contributed by atoms with van der Waals surface area (Å²) in [6.07, 6.45) is 4.34. The van der Waals surface area contributed by atoms with E-state index in [9.17, 15) is 9.00 Å². The van der Waals surface area contributed by atoms with Gasteiger partial charge in [0, 0.05) is 37.3 Å². The summed E-state index contributed by atoms with van der Waals surface area (Å²) in [5.74, 6) is -0.170. The maximum atomic E-state index is 13.9. The lowest BCUT2D eigenvalue weighted by atomic mass is 9.86. The Morgan fingerprint density at radius 3 is 2.09 bits per heavy atom. The van der Waals surface area contributed by atoms with Gasteiger partial charge in [0.05, 0.1) is 16.0 Å². The quantitative estimate of drug-likeness (QED) is 0.335. The molecule has 1 heterocycles. The van der Waals surface area contributed by atoms with Crippen LogP contribution in [0.3, 0.4) is 0 Å². The summed E-state index contributed by atoms with van der Waals surface area (Å²) in [7, 11) is 0.448. The summed E-state index contributed by atoms with van der Waals surface area (Å²) in [6.45, 7) is 0. The van der Waals surface area contributed by atoms with Gasteiger partial charge in [-0.2, -0.15) is 0 Å². The Bertz CT molecular complexity index is 1170. The van der Waals surface area contributed by atoms with Gasteiger partial charge in [-0.15, -0.1) is 0 Å². The van der Waals surface area contributed by atoms with E-state index in [-0.39, 0.29) is 23.4 Å². The Hall–Kier alpha value is -3.31. The standard InChI is InChI=1S/C27H26N2O2S/c1-29-18-17-28-27(29)32(31)26(19-21-11-5-2-6-12-21)24(22-13-7-3-8-14-22)20-25(30)23-15-9-4-10-16-23/h2-18,24,26H,19-20H2,1H3/t24-,26+,32?/m1/s1. The van der Waals surface area contributed by atoms with E-state index in [0.29, 0.717) is 17.1 Å². The zero-order valence-electron chi connectivity index (χ0n) is 18.0. The highest BCUT2D eigenvalue weighted by Gasteiger charge is 2.33. The minimum absolute atomic E-state index is 0.0503. The number of ketones is 1. The number of hydrogen-bond donors (Lipinski definition) is 0. The Morgan fingerprint density at radius 1 is 0.906 bits per heavy atom. The third-order valence-corrected chi connectivity index (χ3v) is 7.49. The summed E-state index contributed by atoms with van der Waals surface area (Å²) in [4.78, 5) is 17.6. The van der Waals surface area contributed by atoms with E-state index in [0.717, 1.165) is 11.1 Å². The molecule has 0 aliphatic carbocycles. The van der Waals surface area contributed by atoms with E-state index in [1.807, 2.05) is 98.0 Å². The predicted molar refractivity (Wildman–Crippen MR) is 128 cm³/mol. The first kappa shape index (κ1) is 21.9. The first-order valence-electron chi connectivity index (χ1n) is 10.7. The molecular formula is C27H26N2O2S. The minimum Gasteiger partial charge on any atom is -0.327 e. The van der Waals surface area contributed by atoms with Gasteiger partial charge >= 0.3 is 0 Å². The van der Waals surface area contributed by atoms with Gasteiger partial charge in [-0.1, -0.05) is 91.0 Å².